The van der Waals surface area contributed by atoms with E-state index in [1.165, 1.54) is 434 Å². The first-order chi connectivity index (χ1) is 61.2. The van der Waals surface area contributed by atoms with Crippen LogP contribution < -0.4 is 0 Å². The van der Waals surface area contributed by atoms with E-state index >= 15 is 0 Å². The molecule has 13 heterocycles. The Morgan fingerprint density at radius 1 is 0.384 bits per heavy atom. The van der Waals surface area contributed by atoms with Crippen LogP contribution in [-0.2, 0) is 54.3 Å². The maximum absolute atomic E-state index is 10.7. The lowest BCUT2D eigenvalue weighted by molar-refractivity contribution is -0.131. The van der Waals surface area contributed by atoms with E-state index in [-0.39, 0.29) is 6.10 Å². The summed E-state index contributed by atoms with van der Waals surface area (Å²) in [5, 5.41) is 16.8. The highest BCUT2D eigenvalue weighted by Gasteiger charge is 2.55. The molecule has 2 N–H and O–H groups in total. The van der Waals surface area contributed by atoms with Gasteiger partial charge in [0, 0.05) is 136 Å². The van der Waals surface area contributed by atoms with Crippen molar-refractivity contribution < 1.29 is 38.7 Å². The van der Waals surface area contributed by atoms with Crippen LogP contribution in [0.4, 0.5) is 0 Å². The number of carbonyl (C=O) groups is 2. The van der Waals surface area contributed by atoms with Crippen LogP contribution in [0.15, 0.2) is 30.7 Å². The Kier molecular flexibility index (Phi) is 65.0. The van der Waals surface area contributed by atoms with Crippen molar-refractivity contribution in [3.8, 4) is 0 Å². The molecule has 125 heavy (non-hydrogen) atoms. The van der Waals surface area contributed by atoms with E-state index in [1.807, 2.05) is 38.8 Å². The molecule has 2 amide bonds. The van der Waals surface area contributed by atoms with Gasteiger partial charge in [-0.3, -0.25) is 14.6 Å². The molecule has 16 nitrogen and oxygen atoms in total. The number of aromatic nitrogens is 3. The Hall–Kier alpha value is -3.06. The average molecular weight is 1750 g/mol. The molecule has 726 valence electrons. The van der Waals surface area contributed by atoms with Crippen molar-refractivity contribution in [1.29, 1.82) is 0 Å². The standard InChI is InChI=1S/C8H15N.C8H9N.C7H12.C6H8N2.C6H11NO.C6H13N.C6H10O.2C6H12.C5H9NO.C5H11N.2C5H10O.3C5H10.2C4H8O.C4H8.C3H6O/c1-9-7-3-2-4-8(9)6-5-7;1-3-7-4-2-6-9-8(7)5-1;1-2-7-4-3-6(1)5-7;1-2-6-7-3-5-8(6)4-1;1-7-5-3-2-4-6(7)8;1-7-5-3-2-4-6-7;1-6-4-2-3-5(6)7-6;2*1-2-4-6-5-3-1;1-6-4-2-3-5(6)7;1-6-4-2-3-5-6;6-4-5-2-1-3-5;1-2-4-6-5-3-1;1-5-3-2-4-5;3*1-2-4-5-3-1;5-4-2-1-3-4;2*1-2-4-3-1/h7-8H,2-6H2,1H3;2,4,6H,1,3,5H2;6-7H,1-5H2;3,5H,1-2,4H2;2-5H2,1H3;2-6H2,1H3;5H,2-4H2,1H3;2*1-6H2;2-4H2,1H3;2-5H2,1H3;5-6H,1-4H2;1-5H2;5H,2-4H2,1H3;2*1-5H2;1-4H2;4-5H,1-3H2;1-4H2;1-3H2. The van der Waals surface area contributed by atoms with Crippen molar-refractivity contribution in [2.45, 2.75) is 493 Å². The Balaban J connectivity index is 0.000000204. The summed E-state index contributed by atoms with van der Waals surface area (Å²) in [7, 11) is 10.4. The van der Waals surface area contributed by atoms with Gasteiger partial charge in [-0.1, -0.05) is 244 Å². The number of likely N-dealkylation sites (tertiary alicyclic amines) is 4. The number of hydrogen-bond donors (Lipinski definition) is 2. The van der Waals surface area contributed by atoms with Crippen molar-refractivity contribution in [3.63, 3.8) is 0 Å². The third-order valence-electron chi connectivity index (χ3n) is 30.0. The molecule has 4 unspecified atom stereocenters. The molecule has 2 aromatic heterocycles. The molecule has 0 aromatic carbocycles. The first kappa shape index (κ1) is 111. The van der Waals surface area contributed by atoms with Gasteiger partial charge < -0.3 is 58.2 Å². The lowest BCUT2D eigenvalue weighted by Gasteiger charge is -2.30. The second-order valence-electron chi connectivity index (χ2n) is 41.3. The number of epoxide rings is 1. The van der Waals surface area contributed by atoms with Gasteiger partial charge in [0.25, 0.3) is 0 Å². The molecule has 12 aliphatic carbocycles. The number of nitrogens with zero attached hydrogens (tertiary/aromatic N) is 8. The molecule has 4 atom stereocenters. The summed E-state index contributed by atoms with van der Waals surface area (Å²) in [5.74, 6) is 5.93. The zero-order valence-electron chi connectivity index (χ0n) is 83.1. The Morgan fingerprint density at radius 3 is 1.02 bits per heavy atom. The minimum absolute atomic E-state index is 0.0648. The van der Waals surface area contributed by atoms with Gasteiger partial charge in [-0.25, -0.2) is 4.98 Å². The molecule has 0 spiro atoms. The lowest BCUT2D eigenvalue weighted by atomic mass is 9.86. The predicted molar refractivity (Wildman–Crippen MR) is 526 cm³/mol. The molecule has 23 aliphatic rings. The minimum atomic E-state index is 0.0648. The van der Waals surface area contributed by atoms with Crippen molar-refractivity contribution in [3.05, 3.63) is 47.8 Å². The molecule has 2 aromatic rings. The first-order valence-corrected chi connectivity index (χ1v) is 54.4. The zero-order chi connectivity index (χ0) is 88.9. The summed E-state index contributed by atoms with van der Waals surface area (Å²) in [6.45, 7) is 19.3. The fraction of sp³-hybridized carbons (Fsp3) is 0.908. The van der Waals surface area contributed by atoms with Gasteiger partial charge in [0.15, 0.2) is 0 Å². The third-order valence-corrected chi connectivity index (χ3v) is 30.0. The lowest BCUT2D eigenvalue weighted by Crippen LogP contribution is -2.35. The summed E-state index contributed by atoms with van der Waals surface area (Å²) in [4.78, 5) is 40.5. The molecular formula is C109H202N8O8. The van der Waals surface area contributed by atoms with Gasteiger partial charge in [-0.2, -0.15) is 0 Å². The molecule has 4 bridgehead atoms. The van der Waals surface area contributed by atoms with Crippen LogP contribution in [0.1, 0.15) is 455 Å². The highest BCUT2D eigenvalue weighted by molar-refractivity contribution is 5.77. The largest absolute Gasteiger partial charge is 0.396 e. The maximum atomic E-state index is 10.7. The monoisotopic (exact) mass is 1750 g/mol. The fourth-order valence-electron chi connectivity index (χ4n) is 19.4. The van der Waals surface area contributed by atoms with Crippen LogP contribution in [0.25, 0.3) is 0 Å². The number of ether oxygens (including phenoxy) is 4. The van der Waals surface area contributed by atoms with E-state index in [0.717, 1.165) is 109 Å². The molecule has 10 saturated heterocycles. The summed E-state index contributed by atoms with van der Waals surface area (Å²) in [6, 6.07) is 6.12. The highest BCUT2D eigenvalue weighted by atomic mass is 16.6. The van der Waals surface area contributed by atoms with E-state index in [0.29, 0.717) is 36.0 Å². The first-order valence-electron chi connectivity index (χ1n) is 54.4. The Labute approximate surface area is 770 Å². The number of rotatable bonds is 1. The van der Waals surface area contributed by atoms with E-state index in [4.69, 9.17) is 29.2 Å². The van der Waals surface area contributed by atoms with Crippen molar-refractivity contribution in [2.75, 3.05) is 121 Å². The second kappa shape index (κ2) is 73.4. The van der Waals surface area contributed by atoms with Crippen LogP contribution in [0.2, 0.25) is 0 Å². The topological polar surface area (TPSA) is 162 Å². The number of carbonyl (C=O) groups excluding carboxylic acids is 2. The SMILES string of the molecule is C1CC2CCC1C2.C1CCC1.C1CCCC1.C1CCCC1.C1CCCCC1.C1CCCCC1.C1CCOC1.C1CCOCC1.C1COC1.CC12CCCC1O2.CC1CCC1.CN1C2CCCC1CC2.CN1CCCC1.CN1CCCC1=O.CN1CCCCC1.CN1CCCCC1=O.OC1CCC1.OCC1CCC1.c1cn2c(n1)CCC2.c1cnc2c(c1)CCC2. The van der Waals surface area contributed by atoms with Gasteiger partial charge in [0.05, 0.1) is 17.8 Å². The number of fused-ring (bicyclic) bond motifs is 7. The summed E-state index contributed by atoms with van der Waals surface area (Å²) >= 11 is 0. The number of hydrogen-bond acceptors (Lipinski definition) is 13. The van der Waals surface area contributed by atoms with Gasteiger partial charge in [0.2, 0.25) is 11.8 Å². The third kappa shape index (κ3) is 55.3. The van der Waals surface area contributed by atoms with Crippen LogP contribution >= 0.6 is 0 Å². The highest BCUT2D eigenvalue weighted by Crippen LogP contribution is 2.49. The van der Waals surface area contributed by atoms with Crippen LogP contribution in [0.5, 0.6) is 0 Å². The number of imidazole rings is 1. The molecule has 11 saturated carbocycles. The van der Waals surface area contributed by atoms with Gasteiger partial charge in [0.1, 0.15) is 5.82 Å². The molecular weight excluding hydrogens is 1550 g/mol. The number of aliphatic hydroxyl groups is 2. The molecule has 21 fully saturated rings. The van der Waals surface area contributed by atoms with E-state index in [2.05, 4.69) is 70.3 Å². The van der Waals surface area contributed by atoms with E-state index in [1.54, 1.807) is 41.9 Å². The second-order valence-corrected chi connectivity index (χ2v) is 41.3. The number of piperidine rings is 3. The van der Waals surface area contributed by atoms with Crippen molar-refractivity contribution in [2.24, 2.45) is 23.7 Å². The Bertz CT molecular complexity index is 2550. The van der Waals surface area contributed by atoms with E-state index < -0.39 is 0 Å². The molecule has 11 aliphatic heterocycles. The van der Waals surface area contributed by atoms with Gasteiger partial charge in [-0.05, 0) is 282 Å². The van der Waals surface area contributed by atoms with E-state index in [9.17, 15) is 9.59 Å². The normalized spacial score (nSPS) is 27.5. The fourth-order valence-corrected chi connectivity index (χ4v) is 19.4. The Morgan fingerprint density at radius 2 is 0.776 bits per heavy atom. The number of aliphatic hydroxyl groups excluding tert-OH is 2. The predicted octanol–water partition coefficient (Wildman–Crippen LogP) is 25.9. The van der Waals surface area contributed by atoms with Crippen molar-refractivity contribution in [1.82, 2.24) is 39.0 Å². The number of amides is 2. The van der Waals surface area contributed by atoms with Crippen molar-refractivity contribution >= 4 is 11.8 Å². The molecule has 0 radical (unpaired) electrons. The van der Waals surface area contributed by atoms with Gasteiger partial charge >= 0.3 is 0 Å². The van der Waals surface area contributed by atoms with Gasteiger partial charge in [-0.15, -0.1) is 0 Å². The average Bonchev–Trinajstić information content (AvgIpc) is 1.60. The quantitative estimate of drug-likeness (QED) is 0.260. The summed E-state index contributed by atoms with van der Waals surface area (Å²) < 4.78 is 22.3. The minimum Gasteiger partial charge on any atom is -0.396 e. The van der Waals surface area contributed by atoms with Crippen LogP contribution in [0, 0.1) is 23.7 Å². The van der Waals surface area contributed by atoms with Crippen LogP contribution in [-0.4, -0.2) is 212 Å². The number of aryl methyl sites for hydroxylation is 4. The maximum Gasteiger partial charge on any atom is 0.222 e. The number of pyridine rings is 1. The summed E-state index contributed by atoms with van der Waals surface area (Å²) in [6.07, 6.45) is 102. The van der Waals surface area contributed by atoms with Crippen LogP contribution in [0.3, 0.4) is 0 Å². The summed E-state index contributed by atoms with van der Waals surface area (Å²) in [5.41, 5.74) is 3.13. The molecule has 16 heteroatoms. The zero-order valence-corrected chi connectivity index (χ0v) is 83.1. The smallest absolute Gasteiger partial charge is 0.222 e. The molecule has 25 rings (SSSR count).